The van der Waals surface area contributed by atoms with Crippen LogP contribution in [0.4, 0.5) is 4.39 Å². The van der Waals surface area contributed by atoms with Gasteiger partial charge in [-0.3, -0.25) is 14.4 Å². The Morgan fingerprint density at radius 1 is 1.07 bits per heavy atom. The summed E-state index contributed by atoms with van der Waals surface area (Å²) in [7, 11) is -4.01. The average Bonchev–Trinajstić information content (AvgIpc) is 2.71. The largest absolute Gasteiger partial charge is 0.494 e. The van der Waals surface area contributed by atoms with Gasteiger partial charge in [0.2, 0.25) is 10.0 Å². The maximum Gasteiger partial charge on any atom is 0.261 e. The molecule has 9 heteroatoms. The van der Waals surface area contributed by atoms with E-state index < -0.39 is 28.6 Å². The van der Waals surface area contributed by atoms with Gasteiger partial charge < -0.3 is 4.74 Å². The fraction of sp³-hybridized carbons (Fsp3) is 0.316. The third kappa shape index (κ3) is 6.59. The molecule has 2 rings (SSSR count). The Hall–Kier alpha value is -2.49. The number of hydrogen-bond acceptors (Lipinski definition) is 5. The van der Waals surface area contributed by atoms with E-state index >= 15 is 0 Å². The first-order valence-electron chi connectivity index (χ1n) is 8.75. The first-order chi connectivity index (χ1) is 13.5. The van der Waals surface area contributed by atoms with Crippen molar-refractivity contribution < 1.29 is 27.5 Å². The van der Waals surface area contributed by atoms with Crippen LogP contribution in [0.2, 0.25) is 0 Å². The van der Waals surface area contributed by atoms with Crippen molar-refractivity contribution in [1.82, 2.24) is 10.2 Å². The number of rotatable bonds is 11. The number of amides is 1. The summed E-state index contributed by atoms with van der Waals surface area (Å²) in [5.74, 6) is -0.396. The van der Waals surface area contributed by atoms with Crippen molar-refractivity contribution in [1.29, 1.82) is 0 Å². The second-order valence-electron chi connectivity index (χ2n) is 6.06. The fourth-order valence-corrected chi connectivity index (χ4v) is 3.67. The lowest BCUT2D eigenvalue weighted by molar-refractivity contribution is -0.130. The number of sulfonamides is 1. The topological polar surface area (TPSA) is 105 Å². The Labute approximate surface area is 163 Å². The molecule has 0 aliphatic rings. The van der Waals surface area contributed by atoms with Crippen LogP contribution in [0.3, 0.4) is 0 Å². The van der Waals surface area contributed by atoms with Crippen molar-refractivity contribution in [3.63, 3.8) is 0 Å². The minimum absolute atomic E-state index is 0.0487. The summed E-state index contributed by atoms with van der Waals surface area (Å²) in [5, 5.41) is 8.93. The van der Waals surface area contributed by atoms with Gasteiger partial charge in [-0.25, -0.2) is 13.9 Å². The number of unbranched alkanes of at least 4 members (excludes halogenated alkanes) is 1. The Kier molecular flexibility index (Phi) is 8.37. The van der Waals surface area contributed by atoms with Crippen LogP contribution < -0.4 is 14.9 Å². The summed E-state index contributed by atoms with van der Waals surface area (Å²) in [6.45, 7) is -0.0676. The van der Waals surface area contributed by atoms with Gasteiger partial charge in [0.1, 0.15) is 11.8 Å². The number of carbonyl (C=O) groups is 1. The highest BCUT2D eigenvalue weighted by molar-refractivity contribution is 7.89. The summed E-state index contributed by atoms with van der Waals surface area (Å²) in [4.78, 5) is 11.9. The van der Waals surface area contributed by atoms with Crippen LogP contribution >= 0.6 is 0 Å². The highest BCUT2D eigenvalue weighted by Gasteiger charge is 2.26. The molecule has 0 aromatic heterocycles. The van der Waals surface area contributed by atoms with Gasteiger partial charge in [0.15, 0.2) is 0 Å². The Morgan fingerprint density at radius 3 is 2.36 bits per heavy atom. The molecule has 2 aromatic carbocycles. The first kappa shape index (κ1) is 21.8. The lowest BCUT2D eigenvalue weighted by Gasteiger charge is -2.17. The summed E-state index contributed by atoms with van der Waals surface area (Å²) in [6.07, 6.45) is 1.05. The minimum atomic E-state index is -4.01. The number of benzene rings is 2. The molecule has 0 aliphatic carbocycles. The quantitative estimate of drug-likeness (QED) is 0.299. The van der Waals surface area contributed by atoms with Crippen LogP contribution in [0.25, 0.3) is 0 Å². The summed E-state index contributed by atoms with van der Waals surface area (Å²) < 4.78 is 45.0. The number of nitrogens with one attached hydrogen (secondary N) is 2. The molecule has 1 atom stereocenters. The molecule has 0 aliphatic heterocycles. The molecule has 0 heterocycles. The highest BCUT2D eigenvalue weighted by Crippen LogP contribution is 2.17. The number of hydroxylamine groups is 1. The van der Waals surface area contributed by atoms with Gasteiger partial charge in [-0.2, -0.15) is 4.72 Å². The number of halogens is 1. The Bertz CT molecular complexity index is 844. The molecule has 2 aromatic rings. The molecule has 3 N–H and O–H groups in total. The zero-order valence-electron chi connectivity index (χ0n) is 15.2. The molecular formula is C19H23FN2O5S. The number of hydrogen-bond donors (Lipinski definition) is 3. The van der Waals surface area contributed by atoms with Crippen LogP contribution in [0.5, 0.6) is 5.75 Å². The van der Waals surface area contributed by atoms with Crippen molar-refractivity contribution in [3.05, 3.63) is 60.2 Å². The molecule has 28 heavy (non-hydrogen) atoms. The first-order valence-corrected chi connectivity index (χ1v) is 10.2. The molecule has 0 fully saturated rings. The number of carbonyl (C=O) groups excluding carboxylic acids is 1. The lowest BCUT2D eigenvalue weighted by Crippen LogP contribution is -2.47. The lowest BCUT2D eigenvalue weighted by atomic mass is 10.1. The van der Waals surface area contributed by atoms with Gasteiger partial charge in [-0.15, -0.1) is 0 Å². The van der Waals surface area contributed by atoms with E-state index in [-0.39, 0.29) is 11.3 Å². The van der Waals surface area contributed by atoms with E-state index in [0.29, 0.717) is 25.2 Å². The second-order valence-corrected chi connectivity index (χ2v) is 7.77. The highest BCUT2D eigenvalue weighted by atomic mass is 32.2. The van der Waals surface area contributed by atoms with Crippen LogP contribution in [0.15, 0.2) is 59.5 Å². The van der Waals surface area contributed by atoms with Crippen LogP contribution in [0.1, 0.15) is 18.4 Å². The van der Waals surface area contributed by atoms with E-state index in [0.717, 1.165) is 5.56 Å². The van der Waals surface area contributed by atoms with Crippen molar-refractivity contribution >= 4 is 15.9 Å². The van der Waals surface area contributed by atoms with Crippen LogP contribution in [0, 0.1) is 0 Å². The molecule has 0 radical (unpaired) electrons. The molecule has 1 amide bonds. The molecule has 0 spiro atoms. The number of alkyl halides is 1. The molecular weight excluding hydrogens is 387 g/mol. The molecule has 7 nitrogen and oxygen atoms in total. The van der Waals surface area contributed by atoms with Crippen molar-refractivity contribution in [2.75, 3.05) is 13.3 Å². The molecule has 0 bridgehead atoms. The van der Waals surface area contributed by atoms with Gasteiger partial charge in [0.05, 0.1) is 18.2 Å². The van der Waals surface area contributed by atoms with Crippen molar-refractivity contribution in [2.45, 2.75) is 30.2 Å². The maximum absolute atomic E-state index is 12.6. The molecule has 0 saturated heterocycles. The zero-order chi connectivity index (χ0) is 20.4. The van der Waals surface area contributed by atoms with Crippen LogP contribution in [-0.2, 0) is 21.2 Å². The minimum Gasteiger partial charge on any atom is -0.494 e. The van der Waals surface area contributed by atoms with Gasteiger partial charge in [-0.1, -0.05) is 30.3 Å². The van der Waals surface area contributed by atoms with Gasteiger partial charge >= 0.3 is 0 Å². The van der Waals surface area contributed by atoms with Crippen molar-refractivity contribution in [2.24, 2.45) is 0 Å². The Morgan fingerprint density at radius 2 is 1.75 bits per heavy atom. The normalized spacial score (nSPS) is 12.4. The average molecular weight is 410 g/mol. The van der Waals surface area contributed by atoms with E-state index in [1.54, 1.807) is 30.3 Å². The second kappa shape index (κ2) is 10.7. The predicted molar refractivity (Wildman–Crippen MR) is 101 cm³/mol. The number of ether oxygens (including phenoxy) is 1. The van der Waals surface area contributed by atoms with E-state index in [4.69, 9.17) is 9.94 Å². The Balaban J connectivity index is 2.07. The monoisotopic (exact) mass is 410 g/mol. The molecule has 0 saturated carbocycles. The standard InChI is InChI=1S/C19H23FN2O5S/c20-12-4-5-13-27-16-8-10-17(11-9-16)28(25,26)22-18(19(23)21-24)14-15-6-2-1-3-7-15/h1-3,6-11,18,22,24H,4-5,12-14H2,(H,21,23). The van der Waals surface area contributed by atoms with Crippen LogP contribution in [-0.4, -0.2) is 38.9 Å². The van der Waals surface area contributed by atoms with Gasteiger partial charge in [0.25, 0.3) is 5.91 Å². The van der Waals surface area contributed by atoms with Gasteiger partial charge in [0, 0.05) is 0 Å². The smallest absolute Gasteiger partial charge is 0.261 e. The summed E-state index contributed by atoms with van der Waals surface area (Å²) >= 11 is 0. The maximum atomic E-state index is 12.6. The van der Waals surface area contributed by atoms with E-state index in [9.17, 15) is 17.6 Å². The molecule has 1 unspecified atom stereocenters. The van der Waals surface area contributed by atoms with E-state index in [2.05, 4.69) is 4.72 Å². The SMILES string of the molecule is O=C(NO)C(Cc1ccccc1)NS(=O)(=O)c1ccc(OCCCCF)cc1. The van der Waals surface area contributed by atoms with Gasteiger partial charge in [-0.05, 0) is 49.1 Å². The third-order valence-corrected chi connectivity index (χ3v) is 5.43. The van der Waals surface area contributed by atoms with E-state index in [1.807, 2.05) is 0 Å². The third-order valence-electron chi connectivity index (χ3n) is 3.94. The van der Waals surface area contributed by atoms with Crippen molar-refractivity contribution in [3.8, 4) is 5.75 Å². The fourth-order valence-electron chi connectivity index (χ4n) is 2.47. The summed E-state index contributed by atoms with van der Waals surface area (Å²) in [5.41, 5.74) is 2.22. The zero-order valence-corrected chi connectivity index (χ0v) is 16.0. The van der Waals surface area contributed by atoms with E-state index in [1.165, 1.54) is 29.7 Å². The molecule has 152 valence electrons. The summed E-state index contributed by atoms with van der Waals surface area (Å²) in [6, 6.07) is 13.3. The predicted octanol–water partition coefficient (Wildman–Crippen LogP) is 2.21.